The monoisotopic (exact) mass is 271 g/mol. The maximum Gasteiger partial charge on any atom is 0.416 e. The van der Waals surface area contributed by atoms with Crippen molar-refractivity contribution in [3.05, 3.63) is 46.2 Å². The summed E-state index contributed by atoms with van der Waals surface area (Å²) in [6, 6.07) is 5.28. The molecule has 1 N–H and O–H groups in total. The van der Waals surface area contributed by atoms with Crippen molar-refractivity contribution in [2.45, 2.75) is 12.7 Å². The van der Waals surface area contributed by atoms with E-state index in [0.29, 0.717) is 6.54 Å². The molecule has 0 atom stereocenters. The van der Waals surface area contributed by atoms with Gasteiger partial charge in [0.2, 0.25) is 0 Å². The largest absolute Gasteiger partial charge is 0.416 e. The third kappa shape index (κ3) is 2.73. The Morgan fingerprint density at radius 3 is 2.33 bits per heavy atom. The molecule has 5 heteroatoms. The summed E-state index contributed by atoms with van der Waals surface area (Å²) in [5, 5.41) is 7.00. The van der Waals surface area contributed by atoms with Crippen LogP contribution in [0, 0.1) is 0 Å². The molecular formula is C13H12F3NS. The Hall–Kier alpha value is -1.33. The second-order valence-electron chi connectivity index (χ2n) is 3.92. The first-order valence-electron chi connectivity index (χ1n) is 5.39. The third-order valence-electron chi connectivity index (χ3n) is 2.63. The second-order valence-corrected chi connectivity index (χ2v) is 4.66. The molecule has 0 spiro atoms. The van der Waals surface area contributed by atoms with E-state index in [1.54, 1.807) is 11.3 Å². The lowest BCUT2D eigenvalue weighted by molar-refractivity contribution is -0.137. The van der Waals surface area contributed by atoms with Crippen LogP contribution in [0.25, 0.3) is 11.1 Å². The van der Waals surface area contributed by atoms with Gasteiger partial charge >= 0.3 is 6.18 Å². The average molecular weight is 271 g/mol. The summed E-state index contributed by atoms with van der Waals surface area (Å²) in [5.41, 5.74) is 2.29. The Kier molecular flexibility index (Phi) is 3.73. The van der Waals surface area contributed by atoms with Crippen LogP contribution < -0.4 is 5.32 Å². The first-order chi connectivity index (χ1) is 8.52. The van der Waals surface area contributed by atoms with E-state index in [0.717, 1.165) is 28.8 Å². The lowest BCUT2D eigenvalue weighted by atomic mass is 10.0. The summed E-state index contributed by atoms with van der Waals surface area (Å²) < 4.78 is 37.4. The van der Waals surface area contributed by atoms with Crippen LogP contribution >= 0.6 is 11.3 Å². The zero-order valence-corrected chi connectivity index (χ0v) is 10.5. The molecule has 0 amide bonds. The number of rotatable bonds is 3. The molecule has 18 heavy (non-hydrogen) atoms. The van der Waals surface area contributed by atoms with Gasteiger partial charge in [-0.1, -0.05) is 12.1 Å². The Bertz CT molecular complexity index is 514. The Labute approximate surface area is 107 Å². The molecule has 0 unspecified atom stereocenters. The number of alkyl halides is 3. The van der Waals surface area contributed by atoms with Gasteiger partial charge in [-0.25, -0.2) is 0 Å². The number of thiophene rings is 1. The molecule has 96 valence electrons. The number of hydrogen-bond acceptors (Lipinski definition) is 2. The molecule has 0 saturated carbocycles. The van der Waals surface area contributed by atoms with Crippen LogP contribution in [0.3, 0.4) is 0 Å². The van der Waals surface area contributed by atoms with E-state index in [4.69, 9.17) is 0 Å². The Morgan fingerprint density at radius 1 is 1.11 bits per heavy atom. The smallest absolute Gasteiger partial charge is 0.316 e. The van der Waals surface area contributed by atoms with Crippen LogP contribution in [0.4, 0.5) is 13.2 Å². The number of halogens is 3. The molecule has 0 aliphatic carbocycles. The highest BCUT2D eigenvalue weighted by molar-refractivity contribution is 7.08. The fraction of sp³-hybridized carbons (Fsp3) is 0.231. The van der Waals surface area contributed by atoms with Gasteiger partial charge in [0, 0.05) is 6.54 Å². The van der Waals surface area contributed by atoms with Gasteiger partial charge in [0.05, 0.1) is 5.56 Å². The fourth-order valence-electron chi connectivity index (χ4n) is 1.74. The summed E-state index contributed by atoms with van der Waals surface area (Å²) in [6.45, 7) is 0.708. The topological polar surface area (TPSA) is 12.0 Å². The van der Waals surface area contributed by atoms with Gasteiger partial charge in [-0.2, -0.15) is 24.5 Å². The highest BCUT2D eigenvalue weighted by atomic mass is 32.1. The third-order valence-corrected chi connectivity index (χ3v) is 3.42. The quantitative estimate of drug-likeness (QED) is 0.884. The van der Waals surface area contributed by atoms with E-state index in [9.17, 15) is 13.2 Å². The summed E-state index contributed by atoms with van der Waals surface area (Å²) in [4.78, 5) is 0. The summed E-state index contributed by atoms with van der Waals surface area (Å²) in [7, 11) is 1.84. The van der Waals surface area contributed by atoms with Crippen LogP contribution in [-0.2, 0) is 12.7 Å². The summed E-state index contributed by atoms with van der Waals surface area (Å²) in [5.74, 6) is 0. The van der Waals surface area contributed by atoms with Gasteiger partial charge < -0.3 is 5.32 Å². The molecule has 0 aliphatic heterocycles. The molecule has 0 aliphatic rings. The van der Waals surface area contributed by atoms with Crippen LogP contribution in [-0.4, -0.2) is 7.05 Å². The van der Waals surface area contributed by atoms with Crippen molar-refractivity contribution >= 4 is 11.3 Å². The zero-order chi connectivity index (χ0) is 13.2. The maximum absolute atomic E-state index is 12.5. The molecule has 1 aromatic heterocycles. The maximum atomic E-state index is 12.5. The van der Waals surface area contributed by atoms with Crippen LogP contribution in [0.5, 0.6) is 0 Å². The number of hydrogen-bond donors (Lipinski definition) is 1. The molecule has 0 saturated heterocycles. The summed E-state index contributed by atoms with van der Waals surface area (Å²) in [6.07, 6.45) is -4.28. The second kappa shape index (κ2) is 5.12. The molecule has 0 radical (unpaired) electrons. The van der Waals surface area contributed by atoms with Crippen molar-refractivity contribution in [1.29, 1.82) is 0 Å². The minimum Gasteiger partial charge on any atom is -0.316 e. The van der Waals surface area contributed by atoms with Gasteiger partial charge in [-0.3, -0.25) is 0 Å². The molecule has 1 nitrogen and oxygen atoms in total. The fourth-order valence-corrected chi connectivity index (χ4v) is 2.61. The van der Waals surface area contributed by atoms with Gasteiger partial charge in [-0.05, 0) is 46.6 Å². The van der Waals surface area contributed by atoms with Gasteiger partial charge in [0.1, 0.15) is 0 Å². The van der Waals surface area contributed by atoms with E-state index in [1.165, 1.54) is 12.1 Å². The van der Waals surface area contributed by atoms with Crippen LogP contribution in [0.15, 0.2) is 35.0 Å². The normalized spacial score (nSPS) is 11.8. The number of nitrogens with one attached hydrogen (secondary N) is 1. The van der Waals surface area contributed by atoms with E-state index in [2.05, 4.69) is 5.32 Å². The summed E-state index contributed by atoms with van der Waals surface area (Å²) >= 11 is 1.55. The highest BCUT2D eigenvalue weighted by Gasteiger charge is 2.30. The minimum atomic E-state index is -4.28. The highest BCUT2D eigenvalue weighted by Crippen LogP contribution is 2.32. The predicted molar refractivity (Wildman–Crippen MR) is 67.5 cm³/mol. The van der Waals surface area contributed by atoms with Crippen LogP contribution in [0.2, 0.25) is 0 Å². The molecule has 1 aromatic carbocycles. The molecule has 0 fully saturated rings. The number of benzene rings is 1. The zero-order valence-electron chi connectivity index (χ0n) is 9.71. The van der Waals surface area contributed by atoms with Crippen molar-refractivity contribution in [2.75, 3.05) is 7.05 Å². The molecule has 1 heterocycles. The lowest BCUT2D eigenvalue weighted by Gasteiger charge is -2.08. The minimum absolute atomic E-state index is 0.614. The van der Waals surface area contributed by atoms with E-state index >= 15 is 0 Å². The van der Waals surface area contributed by atoms with Crippen molar-refractivity contribution in [3.8, 4) is 11.1 Å². The first-order valence-corrected chi connectivity index (χ1v) is 6.34. The molecular weight excluding hydrogens is 259 g/mol. The molecule has 2 rings (SSSR count). The standard InChI is InChI=1S/C13H12F3NS/c1-17-6-10-7-18-8-12(10)9-2-4-11(5-3-9)13(14,15)16/h2-5,7-8,17H,6H2,1H3. The SMILES string of the molecule is CNCc1cscc1-c1ccc(C(F)(F)F)cc1. The van der Waals surface area contributed by atoms with Gasteiger partial charge in [-0.15, -0.1) is 0 Å². The molecule has 0 bridgehead atoms. The van der Waals surface area contributed by atoms with Crippen molar-refractivity contribution in [3.63, 3.8) is 0 Å². The van der Waals surface area contributed by atoms with Crippen molar-refractivity contribution in [2.24, 2.45) is 0 Å². The van der Waals surface area contributed by atoms with E-state index < -0.39 is 11.7 Å². The van der Waals surface area contributed by atoms with Crippen molar-refractivity contribution in [1.82, 2.24) is 5.32 Å². The lowest BCUT2D eigenvalue weighted by Crippen LogP contribution is -2.05. The van der Waals surface area contributed by atoms with Crippen LogP contribution in [0.1, 0.15) is 11.1 Å². The average Bonchev–Trinajstić information content (AvgIpc) is 2.77. The first kappa shape index (κ1) is 13.1. The van der Waals surface area contributed by atoms with Gasteiger partial charge in [0.15, 0.2) is 0 Å². The van der Waals surface area contributed by atoms with Gasteiger partial charge in [0.25, 0.3) is 0 Å². The Morgan fingerprint density at radius 2 is 1.78 bits per heavy atom. The van der Waals surface area contributed by atoms with E-state index in [1.807, 2.05) is 17.8 Å². The Balaban J connectivity index is 2.32. The predicted octanol–water partition coefficient (Wildman–Crippen LogP) is 4.15. The van der Waals surface area contributed by atoms with Crippen molar-refractivity contribution < 1.29 is 13.2 Å². The molecule has 2 aromatic rings. The van der Waals surface area contributed by atoms with E-state index in [-0.39, 0.29) is 0 Å².